The van der Waals surface area contributed by atoms with E-state index in [-0.39, 0.29) is 0 Å². The Balaban J connectivity index is 2.05. The Morgan fingerprint density at radius 1 is 1.47 bits per heavy atom. The fourth-order valence-corrected chi connectivity index (χ4v) is 2.19. The minimum absolute atomic E-state index is 0.687. The van der Waals surface area contributed by atoms with Crippen LogP contribution in [-0.2, 0) is 4.84 Å². The van der Waals surface area contributed by atoms with E-state index in [1.807, 2.05) is 18.2 Å². The number of rotatable bonds is 4. The molecule has 0 atom stereocenters. The van der Waals surface area contributed by atoms with Crippen LogP contribution >= 0.6 is 0 Å². The van der Waals surface area contributed by atoms with Crippen molar-refractivity contribution in [3.63, 3.8) is 0 Å². The molecule has 1 aliphatic rings. The molecule has 0 aromatic carbocycles. The van der Waals surface area contributed by atoms with Crippen LogP contribution in [0, 0.1) is 5.92 Å². The lowest BCUT2D eigenvalue weighted by molar-refractivity contribution is 0.211. The first-order valence-electron chi connectivity index (χ1n) is 6.12. The van der Waals surface area contributed by atoms with Crippen molar-refractivity contribution >= 4 is 5.71 Å². The van der Waals surface area contributed by atoms with E-state index < -0.39 is 0 Å². The van der Waals surface area contributed by atoms with Crippen LogP contribution < -0.4 is 5.32 Å². The van der Waals surface area contributed by atoms with Gasteiger partial charge in [-0.25, -0.2) is 0 Å². The summed E-state index contributed by atoms with van der Waals surface area (Å²) in [5, 5.41) is 7.50. The summed E-state index contributed by atoms with van der Waals surface area (Å²) in [6.07, 6.45) is 5.15. The topological polar surface area (TPSA) is 46.5 Å². The molecule has 17 heavy (non-hydrogen) atoms. The quantitative estimate of drug-likeness (QED) is 0.637. The van der Waals surface area contributed by atoms with Crippen molar-refractivity contribution in [2.24, 2.45) is 11.1 Å². The zero-order valence-corrected chi connectivity index (χ0v) is 10.2. The summed E-state index contributed by atoms with van der Waals surface area (Å²) in [5.41, 5.74) is 1.88. The number of hydrogen-bond acceptors (Lipinski definition) is 4. The zero-order chi connectivity index (χ0) is 11.9. The molecule has 1 N–H and O–H groups in total. The van der Waals surface area contributed by atoms with Gasteiger partial charge in [-0.15, -0.1) is 0 Å². The molecule has 2 heterocycles. The Morgan fingerprint density at radius 2 is 2.29 bits per heavy atom. The standard InChI is InChI=1S/C13H19N3O/c1-17-16-13(12-4-2-3-7-15-12)10-11-5-8-14-9-6-11/h2-4,7,11,14H,5-6,8-10H2,1H3/b16-13+. The summed E-state index contributed by atoms with van der Waals surface area (Å²) in [6, 6.07) is 5.88. The van der Waals surface area contributed by atoms with Crippen molar-refractivity contribution in [2.75, 3.05) is 20.2 Å². The Labute approximate surface area is 102 Å². The molecule has 0 saturated carbocycles. The molecule has 1 saturated heterocycles. The van der Waals surface area contributed by atoms with E-state index in [0.717, 1.165) is 30.9 Å². The van der Waals surface area contributed by atoms with Crippen LogP contribution in [0.4, 0.5) is 0 Å². The molecule has 0 aliphatic carbocycles. The highest BCUT2D eigenvalue weighted by molar-refractivity contribution is 5.98. The molecule has 0 bridgehead atoms. The molecule has 0 radical (unpaired) electrons. The SMILES string of the molecule is CO/N=C(\CC1CCNCC1)c1ccccn1. The van der Waals surface area contributed by atoms with E-state index in [1.165, 1.54) is 12.8 Å². The van der Waals surface area contributed by atoms with Crippen LogP contribution in [0.1, 0.15) is 25.0 Å². The van der Waals surface area contributed by atoms with Gasteiger partial charge in [0.1, 0.15) is 12.8 Å². The minimum atomic E-state index is 0.687. The van der Waals surface area contributed by atoms with Crippen molar-refractivity contribution in [2.45, 2.75) is 19.3 Å². The second-order valence-corrected chi connectivity index (χ2v) is 4.33. The maximum Gasteiger partial charge on any atom is 0.106 e. The van der Waals surface area contributed by atoms with Crippen molar-refractivity contribution < 1.29 is 4.84 Å². The molecule has 4 heteroatoms. The number of nitrogens with zero attached hydrogens (tertiary/aromatic N) is 2. The van der Waals surface area contributed by atoms with Crippen LogP contribution in [-0.4, -0.2) is 30.9 Å². The van der Waals surface area contributed by atoms with Crippen LogP contribution in [0.5, 0.6) is 0 Å². The van der Waals surface area contributed by atoms with E-state index in [0.29, 0.717) is 5.92 Å². The number of piperidine rings is 1. The molecule has 1 fully saturated rings. The van der Waals surface area contributed by atoms with Gasteiger partial charge in [-0.05, 0) is 50.4 Å². The molecule has 2 rings (SSSR count). The molecule has 92 valence electrons. The smallest absolute Gasteiger partial charge is 0.106 e. The molecular weight excluding hydrogens is 214 g/mol. The number of aromatic nitrogens is 1. The molecular formula is C13H19N3O. The second-order valence-electron chi connectivity index (χ2n) is 4.33. The summed E-state index contributed by atoms with van der Waals surface area (Å²) in [5.74, 6) is 0.687. The number of oxime groups is 1. The lowest BCUT2D eigenvalue weighted by atomic mass is 9.91. The van der Waals surface area contributed by atoms with E-state index in [9.17, 15) is 0 Å². The van der Waals surface area contributed by atoms with Gasteiger partial charge in [-0.1, -0.05) is 11.2 Å². The molecule has 1 aromatic rings. The highest BCUT2D eigenvalue weighted by Gasteiger charge is 2.17. The van der Waals surface area contributed by atoms with Crippen LogP contribution in [0.2, 0.25) is 0 Å². The average Bonchev–Trinajstić information content (AvgIpc) is 2.40. The van der Waals surface area contributed by atoms with Crippen LogP contribution in [0.3, 0.4) is 0 Å². The van der Waals surface area contributed by atoms with Gasteiger partial charge in [-0.3, -0.25) is 4.98 Å². The zero-order valence-electron chi connectivity index (χ0n) is 10.2. The van der Waals surface area contributed by atoms with Crippen molar-refractivity contribution in [3.05, 3.63) is 30.1 Å². The normalized spacial score (nSPS) is 18.1. The van der Waals surface area contributed by atoms with Crippen LogP contribution in [0.25, 0.3) is 0 Å². The van der Waals surface area contributed by atoms with E-state index in [4.69, 9.17) is 4.84 Å². The highest BCUT2D eigenvalue weighted by atomic mass is 16.6. The van der Waals surface area contributed by atoms with Gasteiger partial charge in [0.2, 0.25) is 0 Å². The van der Waals surface area contributed by atoms with Crippen LogP contribution in [0.15, 0.2) is 29.6 Å². The maximum absolute atomic E-state index is 4.93. The van der Waals surface area contributed by atoms with E-state index in [1.54, 1.807) is 13.3 Å². The molecule has 0 spiro atoms. The molecule has 0 amide bonds. The number of nitrogens with one attached hydrogen (secondary N) is 1. The molecule has 4 nitrogen and oxygen atoms in total. The number of hydrogen-bond donors (Lipinski definition) is 1. The number of pyridine rings is 1. The fraction of sp³-hybridized carbons (Fsp3) is 0.538. The third kappa shape index (κ3) is 3.53. The monoisotopic (exact) mass is 233 g/mol. The Bertz CT molecular complexity index is 358. The maximum atomic E-state index is 4.93. The fourth-order valence-electron chi connectivity index (χ4n) is 2.19. The lowest BCUT2D eigenvalue weighted by Crippen LogP contribution is -2.29. The second kappa shape index (κ2) is 6.35. The molecule has 0 unspecified atom stereocenters. The first kappa shape index (κ1) is 12.0. The summed E-state index contributed by atoms with van der Waals surface area (Å²) >= 11 is 0. The third-order valence-corrected chi connectivity index (χ3v) is 3.10. The van der Waals surface area contributed by atoms with Gasteiger partial charge >= 0.3 is 0 Å². The van der Waals surface area contributed by atoms with Gasteiger partial charge in [0, 0.05) is 6.20 Å². The Kier molecular flexibility index (Phi) is 4.50. The van der Waals surface area contributed by atoms with Gasteiger partial charge in [0.25, 0.3) is 0 Å². The van der Waals surface area contributed by atoms with Gasteiger partial charge < -0.3 is 10.2 Å². The Morgan fingerprint density at radius 3 is 2.94 bits per heavy atom. The van der Waals surface area contributed by atoms with Gasteiger partial charge in [0.05, 0.1) is 5.69 Å². The average molecular weight is 233 g/mol. The van der Waals surface area contributed by atoms with Gasteiger partial charge in [-0.2, -0.15) is 0 Å². The summed E-state index contributed by atoms with van der Waals surface area (Å²) < 4.78 is 0. The highest BCUT2D eigenvalue weighted by Crippen LogP contribution is 2.18. The Hall–Kier alpha value is -1.42. The summed E-state index contributed by atoms with van der Waals surface area (Å²) in [7, 11) is 1.59. The molecule has 1 aliphatic heterocycles. The van der Waals surface area contributed by atoms with E-state index >= 15 is 0 Å². The van der Waals surface area contributed by atoms with Crippen molar-refractivity contribution in [1.82, 2.24) is 10.3 Å². The minimum Gasteiger partial charge on any atom is -0.399 e. The summed E-state index contributed by atoms with van der Waals surface area (Å²) in [4.78, 5) is 9.27. The van der Waals surface area contributed by atoms with Crippen molar-refractivity contribution in [3.8, 4) is 0 Å². The predicted octanol–water partition coefficient (Wildman–Crippen LogP) is 1.82. The lowest BCUT2D eigenvalue weighted by Gasteiger charge is -2.22. The summed E-state index contributed by atoms with van der Waals surface area (Å²) in [6.45, 7) is 2.21. The third-order valence-electron chi connectivity index (χ3n) is 3.10. The largest absolute Gasteiger partial charge is 0.399 e. The van der Waals surface area contributed by atoms with E-state index in [2.05, 4.69) is 15.5 Å². The first-order valence-corrected chi connectivity index (χ1v) is 6.12. The van der Waals surface area contributed by atoms with Crippen molar-refractivity contribution in [1.29, 1.82) is 0 Å². The predicted molar refractivity (Wildman–Crippen MR) is 68.0 cm³/mol. The van der Waals surface area contributed by atoms with Gasteiger partial charge in [0.15, 0.2) is 0 Å². The molecule has 1 aromatic heterocycles. The first-order chi connectivity index (χ1) is 8.40.